The first-order valence-electron chi connectivity index (χ1n) is 6.94. The number of unbranched alkanes of at least 4 members (excludes halogenated alkanes) is 1. The molecule has 1 unspecified atom stereocenters. The number of carbonyl (C=O) groups excluding carboxylic acids is 2. The first kappa shape index (κ1) is 15.3. The van der Waals surface area contributed by atoms with Gasteiger partial charge in [-0.3, -0.25) is 9.59 Å². The van der Waals surface area contributed by atoms with Gasteiger partial charge in [-0.15, -0.1) is 0 Å². The van der Waals surface area contributed by atoms with Crippen LogP contribution < -0.4 is 5.32 Å². The lowest BCUT2D eigenvalue weighted by molar-refractivity contribution is -0.128. The lowest BCUT2D eigenvalue weighted by atomic mass is 10.1. The van der Waals surface area contributed by atoms with E-state index >= 15 is 0 Å². The Morgan fingerprint density at radius 2 is 2.10 bits per heavy atom. The van der Waals surface area contributed by atoms with Crippen LogP contribution in [0.1, 0.15) is 26.2 Å². The number of rotatable bonds is 5. The molecule has 20 heavy (non-hydrogen) atoms. The van der Waals surface area contributed by atoms with Crippen LogP contribution in [0.25, 0.3) is 0 Å². The summed E-state index contributed by atoms with van der Waals surface area (Å²) in [4.78, 5) is 25.8. The molecule has 1 atom stereocenters. The van der Waals surface area contributed by atoms with Gasteiger partial charge in [0.05, 0.1) is 5.92 Å². The molecule has 108 valence electrons. The minimum Gasteiger partial charge on any atom is -0.342 e. The number of benzene rings is 1. The molecule has 0 saturated carbocycles. The fourth-order valence-corrected chi connectivity index (χ4v) is 2.65. The first-order chi connectivity index (χ1) is 9.60. The van der Waals surface area contributed by atoms with Crippen LogP contribution in [0.2, 0.25) is 0 Å². The number of nitrogens with one attached hydrogen (secondary N) is 1. The van der Waals surface area contributed by atoms with E-state index in [0.29, 0.717) is 13.0 Å². The van der Waals surface area contributed by atoms with Crippen molar-refractivity contribution in [3.63, 3.8) is 0 Å². The van der Waals surface area contributed by atoms with Gasteiger partial charge >= 0.3 is 0 Å². The standard InChI is InChI=1S/C15H19IN2O2/c1-2-3-8-18-10-11(9-14(18)19)15(20)17-13-6-4-12(16)5-7-13/h4-7,11H,2-3,8-10H2,1H3,(H,17,20). The first-order valence-corrected chi connectivity index (χ1v) is 8.02. The molecular weight excluding hydrogens is 367 g/mol. The van der Waals surface area contributed by atoms with E-state index in [-0.39, 0.29) is 17.7 Å². The van der Waals surface area contributed by atoms with Gasteiger partial charge in [0, 0.05) is 28.8 Å². The van der Waals surface area contributed by atoms with Crippen molar-refractivity contribution >= 4 is 40.1 Å². The van der Waals surface area contributed by atoms with Crippen LogP contribution in [-0.4, -0.2) is 29.8 Å². The van der Waals surface area contributed by atoms with Gasteiger partial charge in [0.2, 0.25) is 11.8 Å². The van der Waals surface area contributed by atoms with E-state index in [1.807, 2.05) is 29.2 Å². The minimum absolute atomic E-state index is 0.0569. The molecule has 0 bridgehead atoms. The monoisotopic (exact) mass is 386 g/mol. The molecular formula is C15H19IN2O2. The van der Waals surface area contributed by atoms with Gasteiger partial charge in [-0.1, -0.05) is 13.3 Å². The van der Waals surface area contributed by atoms with Crippen LogP contribution >= 0.6 is 22.6 Å². The number of nitrogens with zero attached hydrogens (tertiary/aromatic N) is 1. The number of likely N-dealkylation sites (tertiary alicyclic amines) is 1. The summed E-state index contributed by atoms with van der Waals surface area (Å²) in [5, 5.41) is 2.89. The summed E-state index contributed by atoms with van der Waals surface area (Å²) in [6.45, 7) is 3.42. The molecule has 2 amide bonds. The van der Waals surface area contributed by atoms with Crippen molar-refractivity contribution in [2.45, 2.75) is 26.2 Å². The molecule has 1 N–H and O–H groups in total. The molecule has 4 nitrogen and oxygen atoms in total. The topological polar surface area (TPSA) is 49.4 Å². The lowest BCUT2D eigenvalue weighted by Crippen LogP contribution is -2.29. The Morgan fingerprint density at radius 1 is 1.40 bits per heavy atom. The third kappa shape index (κ3) is 3.94. The largest absolute Gasteiger partial charge is 0.342 e. The zero-order valence-corrected chi connectivity index (χ0v) is 13.7. The maximum atomic E-state index is 12.2. The normalized spacial score (nSPS) is 18.4. The van der Waals surface area contributed by atoms with Crippen LogP contribution in [0.4, 0.5) is 5.69 Å². The average Bonchev–Trinajstić information content (AvgIpc) is 2.80. The fourth-order valence-electron chi connectivity index (χ4n) is 2.29. The summed E-state index contributed by atoms with van der Waals surface area (Å²) in [7, 11) is 0. The van der Waals surface area contributed by atoms with Gasteiger partial charge in [-0.2, -0.15) is 0 Å². The number of amides is 2. The van der Waals surface area contributed by atoms with E-state index < -0.39 is 0 Å². The maximum Gasteiger partial charge on any atom is 0.229 e. The van der Waals surface area contributed by atoms with E-state index in [9.17, 15) is 9.59 Å². The second kappa shape index (κ2) is 7.06. The molecule has 2 rings (SSSR count). The van der Waals surface area contributed by atoms with E-state index in [4.69, 9.17) is 0 Å². The smallest absolute Gasteiger partial charge is 0.229 e. The second-order valence-electron chi connectivity index (χ2n) is 5.09. The predicted octanol–water partition coefficient (Wildman–Crippen LogP) is 2.88. The van der Waals surface area contributed by atoms with Gasteiger partial charge in [0.1, 0.15) is 0 Å². The number of halogens is 1. The Morgan fingerprint density at radius 3 is 2.75 bits per heavy atom. The summed E-state index contributed by atoms with van der Waals surface area (Å²) in [5.74, 6) is -0.182. The van der Waals surface area contributed by atoms with Crippen molar-refractivity contribution < 1.29 is 9.59 Å². The molecule has 0 aliphatic carbocycles. The Kier molecular flexibility index (Phi) is 5.39. The van der Waals surface area contributed by atoms with Gasteiger partial charge in [0.25, 0.3) is 0 Å². The van der Waals surface area contributed by atoms with Gasteiger partial charge in [-0.05, 0) is 53.3 Å². The summed E-state index contributed by atoms with van der Waals surface area (Å²) >= 11 is 2.22. The SMILES string of the molecule is CCCCN1CC(C(=O)Nc2ccc(I)cc2)CC1=O. The average molecular weight is 386 g/mol. The van der Waals surface area contributed by atoms with Crippen LogP contribution in [0.3, 0.4) is 0 Å². The van der Waals surface area contributed by atoms with Gasteiger partial charge < -0.3 is 10.2 Å². The minimum atomic E-state index is -0.223. The fraction of sp³-hybridized carbons (Fsp3) is 0.467. The second-order valence-corrected chi connectivity index (χ2v) is 6.34. The number of hydrogen-bond acceptors (Lipinski definition) is 2. The Bertz CT molecular complexity index is 487. The van der Waals surface area contributed by atoms with Crippen LogP contribution in [0.15, 0.2) is 24.3 Å². The quantitative estimate of drug-likeness (QED) is 0.792. The van der Waals surface area contributed by atoms with Crippen molar-refractivity contribution in [2.24, 2.45) is 5.92 Å². The van der Waals surface area contributed by atoms with E-state index in [0.717, 1.165) is 28.6 Å². The molecule has 1 aliphatic heterocycles. The molecule has 1 aromatic carbocycles. The number of anilines is 1. The molecule has 0 aromatic heterocycles. The molecule has 5 heteroatoms. The van der Waals surface area contributed by atoms with Crippen molar-refractivity contribution in [2.75, 3.05) is 18.4 Å². The maximum absolute atomic E-state index is 12.2. The highest BCUT2D eigenvalue weighted by Gasteiger charge is 2.33. The number of carbonyl (C=O) groups is 2. The van der Waals surface area contributed by atoms with Gasteiger partial charge in [-0.25, -0.2) is 0 Å². The molecule has 1 aliphatic rings. The van der Waals surface area contributed by atoms with Crippen molar-refractivity contribution in [1.82, 2.24) is 4.90 Å². The third-order valence-corrected chi connectivity index (χ3v) is 4.20. The highest BCUT2D eigenvalue weighted by molar-refractivity contribution is 14.1. The zero-order chi connectivity index (χ0) is 14.5. The Hall–Kier alpha value is -1.11. The number of hydrogen-bond donors (Lipinski definition) is 1. The van der Waals surface area contributed by atoms with Crippen molar-refractivity contribution in [3.05, 3.63) is 27.8 Å². The molecule has 0 radical (unpaired) electrons. The third-order valence-electron chi connectivity index (χ3n) is 3.48. The van der Waals surface area contributed by atoms with Crippen molar-refractivity contribution in [1.29, 1.82) is 0 Å². The summed E-state index contributed by atoms with van der Waals surface area (Å²) in [5.41, 5.74) is 0.787. The highest BCUT2D eigenvalue weighted by Crippen LogP contribution is 2.20. The predicted molar refractivity (Wildman–Crippen MR) is 87.4 cm³/mol. The summed E-state index contributed by atoms with van der Waals surface area (Å²) < 4.78 is 1.13. The van der Waals surface area contributed by atoms with E-state index in [1.165, 1.54) is 0 Å². The summed E-state index contributed by atoms with van der Waals surface area (Å²) in [6, 6.07) is 7.66. The van der Waals surface area contributed by atoms with Crippen molar-refractivity contribution in [3.8, 4) is 0 Å². The van der Waals surface area contributed by atoms with E-state index in [2.05, 4.69) is 34.8 Å². The molecule has 1 saturated heterocycles. The van der Waals surface area contributed by atoms with E-state index in [1.54, 1.807) is 0 Å². The Labute approximate surface area is 133 Å². The van der Waals surface area contributed by atoms with Crippen LogP contribution in [0, 0.1) is 9.49 Å². The summed E-state index contributed by atoms with van der Waals surface area (Å²) in [6.07, 6.45) is 2.39. The molecule has 1 aromatic rings. The zero-order valence-electron chi connectivity index (χ0n) is 11.6. The van der Waals surface area contributed by atoms with Crippen LogP contribution in [0.5, 0.6) is 0 Å². The highest BCUT2D eigenvalue weighted by atomic mass is 127. The molecule has 0 spiro atoms. The van der Waals surface area contributed by atoms with Crippen LogP contribution in [-0.2, 0) is 9.59 Å². The Balaban J connectivity index is 1.90. The van der Waals surface area contributed by atoms with Gasteiger partial charge in [0.15, 0.2) is 0 Å². The lowest BCUT2D eigenvalue weighted by Gasteiger charge is -2.16. The molecule has 1 heterocycles. The molecule has 1 fully saturated rings.